The summed E-state index contributed by atoms with van der Waals surface area (Å²) in [6, 6.07) is 22.2. The summed E-state index contributed by atoms with van der Waals surface area (Å²) >= 11 is 0. The molecular weight excluding hydrogens is 348 g/mol. The summed E-state index contributed by atoms with van der Waals surface area (Å²) in [4.78, 5) is 12.3. The summed E-state index contributed by atoms with van der Waals surface area (Å²) in [5.41, 5.74) is 2.01. The molecule has 0 bridgehead atoms. The summed E-state index contributed by atoms with van der Waals surface area (Å²) in [5.74, 6) is 1.02. The first kappa shape index (κ1) is 18.5. The van der Waals surface area contributed by atoms with Gasteiger partial charge in [-0.15, -0.1) is 0 Å². The van der Waals surface area contributed by atoms with Crippen LogP contribution in [-0.4, -0.2) is 31.6 Å². The predicted octanol–water partition coefficient (Wildman–Crippen LogP) is 3.94. The van der Waals surface area contributed by atoms with Crippen molar-refractivity contribution in [3.8, 4) is 5.75 Å². The van der Waals surface area contributed by atoms with Crippen LogP contribution in [0.4, 0.5) is 0 Å². The lowest BCUT2D eigenvalue weighted by Crippen LogP contribution is -2.31. The molecule has 0 spiro atoms. The van der Waals surface area contributed by atoms with E-state index >= 15 is 0 Å². The minimum Gasteiger partial charge on any atom is -0.488 e. The van der Waals surface area contributed by atoms with Crippen molar-refractivity contribution in [2.45, 2.75) is 25.4 Å². The van der Waals surface area contributed by atoms with E-state index in [4.69, 9.17) is 4.74 Å². The normalized spacial score (nSPS) is 15.2. The van der Waals surface area contributed by atoms with Crippen LogP contribution in [0, 0.1) is 0 Å². The molecule has 1 heterocycles. The molecule has 0 radical (unpaired) electrons. The Bertz CT molecular complexity index is 929. The highest BCUT2D eigenvalue weighted by Gasteiger charge is 2.21. The third-order valence-corrected chi connectivity index (χ3v) is 5.16. The highest BCUT2D eigenvalue weighted by molar-refractivity contribution is 5.98. The Morgan fingerprint density at radius 3 is 2.61 bits per heavy atom. The van der Waals surface area contributed by atoms with Crippen LogP contribution in [0.25, 0.3) is 10.8 Å². The summed E-state index contributed by atoms with van der Waals surface area (Å²) in [6.07, 6.45) is 3.19. The summed E-state index contributed by atoms with van der Waals surface area (Å²) in [5, 5.41) is 8.73. The van der Waals surface area contributed by atoms with E-state index in [-0.39, 0.29) is 12.0 Å². The zero-order valence-corrected chi connectivity index (χ0v) is 16.0. The predicted molar refractivity (Wildman–Crippen MR) is 113 cm³/mol. The van der Waals surface area contributed by atoms with Crippen molar-refractivity contribution in [2.75, 3.05) is 19.6 Å². The monoisotopic (exact) mass is 374 g/mol. The van der Waals surface area contributed by atoms with Crippen molar-refractivity contribution >= 4 is 16.7 Å². The molecule has 4 heteroatoms. The molecule has 4 nitrogen and oxygen atoms in total. The molecule has 2 N–H and O–H groups in total. The van der Waals surface area contributed by atoms with Gasteiger partial charge >= 0.3 is 0 Å². The second-order valence-corrected chi connectivity index (χ2v) is 7.28. The first-order chi connectivity index (χ1) is 13.8. The summed E-state index contributed by atoms with van der Waals surface area (Å²) in [6.45, 7) is 2.49. The number of para-hydroxylation sites is 1. The van der Waals surface area contributed by atoms with Crippen molar-refractivity contribution in [3.05, 3.63) is 77.9 Å². The van der Waals surface area contributed by atoms with Crippen molar-refractivity contribution < 1.29 is 9.53 Å². The van der Waals surface area contributed by atoms with Gasteiger partial charge < -0.3 is 15.4 Å². The SMILES string of the molecule is O=C(NCCCCNCC1Cc2ccccc2O1)c1ccc2ccccc2c1. The number of nitrogens with one attached hydrogen (secondary N) is 2. The Kier molecular flexibility index (Phi) is 5.88. The van der Waals surface area contributed by atoms with Gasteiger partial charge in [0.05, 0.1) is 0 Å². The Hall–Kier alpha value is -2.85. The van der Waals surface area contributed by atoms with Gasteiger partial charge in [0.2, 0.25) is 0 Å². The lowest BCUT2D eigenvalue weighted by molar-refractivity contribution is 0.0953. The second kappa shape index (κ2) is 8.89. The second-order valence-electron chi connectivity index (χ2n) is 7.28. The lowest BCUT2D eigenvalue weighted by Gasteiger charge is -2.12. The minimum absolute atomic E-state index is 0.00386. The van der Waals surface area contributed by atoms with E-state index in [9.17, 15) is 4.79 Å². The van der Waals surface area contributed by atoms with Crippen LogP contribution in [-0.2, 0) is 6.42 Å². The van der Waals surface area contributed by atoms with Crippen LogP contribution in [0.1, 0.15) is 28.8 Å². The highest BCUT2D eigenvalue weighted by Crippen LogP contribution is 2.27. The number of amides is 1. The lowest BCUT2D eigenvalue weighted by atomic mass is 10.1. The van der Waals surface area contributed by atoms with Crippen LogP contribution in [0.2, 0.25) is 0 Å². The maximum Gasteiger partial charge on any atom is 0.251 e. The van der Waals surface area contributed by atoms with Crippen LogP contribution >= 0.6 is 0 Å². The van der Waals surface area contributed by atoms with E-state index in [1.807, 2.05) is 48.5 Å². The fraction of sp³-hybridized carbons (Fsp3) is 0.292. The minimum atomic E-state index is -0.00386. The van der Waals surface area contributed by atoms with Gasteiger partial charge in [-0.3, -0.25) is 4.79 Å². The molecule has 3 aromatic rings. The third-order valence-electron chi connectivity index (χ3n) is 5.16. The van der Waals surface area contributed by atoms with Crippen LogP contribution in [0.5, 0.6) is 5.75 Å². The molecule has 1 atom stereocenters. The molecule has 0 saturated carbocycles. The van der Waals surface area contributed by atoms with Gasteiger partial charge in [-0.1, -0.05) is 48.5 Å². The molecule has 1 amide bonds. The van der Waals surface area contributed by atoms with Gasteiger partial charge in [0, 0.05) is 25.1 Å². The van der Waals surface area contributed by atoms with Crippen molar-refractivity contribution in [1.29, 1.82) is 0 Å². The van der Waals surface area contributed by atoms with Gasteiger partial charge in [0.15, 0.2) is 0 Å². The zero-order valence-electron chi connectivity index (χ0n) is 16.0. The van der Waals surface area contributed by atoms with Crippen LogP contribution < -0.4 is 15.4 Å². The maximum absolute atomic E-state index is 12.3. The molecule has 28 heavy (non-hydrogen) atoms. The molecule has 0 saturated heterocycles. The van der Waals surface area contributed by atoms with E-state index in [2.05, 4.69) is 28.8 Å². The number of hydrogen-bond acceptors (Lipinski definition) is 3. The van der Waals surface area contributed by atoms with Gasteiger partial charge in [-0.2, -0.15) is 0 Å². The summed E-state index contributed by atoms with van der Waals surface area (Å²) < 4.78 is 5.93. The largest absolute Gasteiger partial charge is 0.488 e. The number of hydrogen-bond donors (Lipinski definition) is 2. The number of fused-ring (bicyclic) bond motifs is 2. The molecule has 0 aromatic heterocycles. The topological polar surface area (TPSA) is 50.4 Å². The fourth-order valence-electron chi connectivity index (χ4n) is 3.64. The Labute approximate surface area is 165 Å². The van der Waals surface area contributed by atoms with Gasteiger partial charge in [-0.25, -0.2) is 0 Å². The molecule has 1 aliphatic heterocycles. The molecule has 0 fully saturated rings. The fourth-order valence-corrected chi connectivity index (χ4v) is 3.64. The molecule has 0 aliphatic carbocycles. The summed E-state index contributed by atoms with van der Waals surface area (Å²) in [7, 11) is 0. The average Bonchev–Trinajstić information content (AvgIpc) is 3.15. The van der Waals surface area contributed by atoms with E-state index in [1.165, 1.54) is 5.56 Å². The van der Waals surface area contributed by atoms with E-state index < -0.39 is 0 Å². The Morgan fingerprint density at radius 2 is 1.71 bits per heavy atom. The number of rotatable bonds is 8. The number of ether oxygens (including phenoxy) is 1. The van der Waals surface area contributed by atoms with Gasteiger partial charge in [0.25, 0.3) is 5.91 Å². The number of unbranched alkanes of at least 4 members (excludes halogenated alkanes) is 1. The van der Waals surface area contributed by atoms with E-state index in [1.54, 1.807) is 0 Å². The Balaban J connectivity index is 1.11. The average molecular weight is 374 g/mol. The maximum atomic E-state index is 12.3. The molecule has 144 valence electrons. The smallest absolute Gasteiger partial charge is 0.251 e. The highest BCUT2D eigenvalue weighted by atomic mass is 16.5. The van der Waals surface area contributed by atoms with Gasteiger partial charge in [0.1, 0.15) is 11.9 Å². The molecule has 1 unspecified atom stereocenters. The third kappa shape index (κ3) is 4.52. The standard InChI is InChI=1S/C24H26N2O2/c27-24(21-12-11-18-7-1-2-8-19(18)15-21)26-14-6-5-13-25-17-22-16-20-9-3-4-10-23(20)28-22/h1-4,7-12,15,22,25H,5-6,13-14,16-17H2,(H,26,27). The quantitative estimate of drug-likeness (QED) is 0.587. The first-order valence-electron chi connectivity index (χ1n) is 10.0. The van der Waals surface area contributed by atoms with Gasteiger partial charge in [-0.05, 0) is 53.9 Å². The van der Waals surface area contributed by atoms with Crippen LogP contribution in [0.15, 0.2) is 66.7 Å². The Morgan fingerprint density at radius 1 is 0.929 bits per heavy atom. The van der Waals surface area contributed by atoms with Crippen molar-refractivity contribution in [2.24, 2.45) is 0 Å². The molecule has 1 aliphatic rings. The zero-order chi connectivity index (χ0) is 19.2. The number of benzene rings is 3. The van der Waals surface area contributed by atoms with Crippen LogP contribution in [0.3, 0.4) is 0 Å². The number of carbonyl (C=O) groups is 1. The van der Waals surface area contributed by atoms with Crippen molar-refractivity contribution in [3.63, 3.8) is 0 Å². The molecular formula is C24H26N2O2. The van der Waals surface area contributed by atoms with Crippen molar-refractivity contribution in [1.82, 2.24) is 10.6 Å². The molecule has 3 aromatic carbocycles. The van der Waals surface area contributed by atoms with E-state index in [0.29, 0.717) is 6.54 Å². The molecule has 4 rings (SSSR count). The number of carbonyl (C=O) groups excluding carboxylic acids is 1. The van der Waals surface area contributed by atoms with E-state index in [0.717, 1.165) is 54.4 Å². The first-order valence-corrected chi connectivity index (χ1v) is 10.0.